The molecule has 1 aromatic carbocycles. The van der Waals surface area contributed by atoms with Gasteiger partial charge in [0.1, 0.15) is 0 Å². The van der Waals surface area contributed by atoms with Crippen molar-refractivity contribution in [2.24, 2.45) is 0 Å². The Kier molecular flexibility index (Phi) is 4.08. The van der Waals surface area contributed by atoms with Crippen molar-refractivity contribution in [2.45, 2.75) is 32.0 Å². The second-order valence-electron chi connectivity index (χ2n) is 4.53. The Labute approximate surface area is 113 Å². The molecule has 0 aliphatic carbocycles. The summed E-state index contributed by atoms with van der Waals surface area (Å²) in [5.74, 6) is 0.557. The molecule has 20 heavy (non-hydrogen) atoms. The van der Waals surface area contributed by atoms with E-state index in [2.05, 4.69) is 10.1 Å². The fraction of sp³-hybridized carbons (Fsp3) is 0.385. The number of alkyl halides is 3. The standard InChI is InChI=1S/C13H13F3N2O2/c1-8(19)5-12-17-11(18-20-12)7-9-3-2-4-10(6-9)13(14,15)16/h2-4,6,8,19H,5,7H2,1H3. The number of halogens is 3. The van der Waals surface area contributed by atoms with Gasteiger partial charge in [-0.3, -0.25) is 0 Å². The molecule has 0 amide bonds. The van der Waals surface area contributed by atoms with Crippen LogP contribution in [0.2, 0.25) is 0 Å². The zero-order chi connectivity index (χ0) is 14.8. The lowest BCUT2D eigenvalue weighted by Gasteiger charge is -2.07. The molecule has 1 unspecified atom stereocenters. The molecule has 1 aromatic heterocycles. The first-order valence-corrected chi connectivity index (χ1v) is 6.00. The number of aromatic nitrogens is 2. The van der Waals surface area contributed by atoms with Crippen LogP contribution in [0.3, 0.4) is 0 Å². The second kappa shape index (κ2) is 5.62. The molecule has 1 atom stereocenters. The first kappa shape index (κ1) is 14.5. The quantitative estimate of drug-likeness (QED) is 0.938. The Hall–Kier alpha value is -1.89. The first-order chi connectivity index (χ1) is 9.34. The number of hydrogen-bond donors (Lipinski definition) is 1. The lowest BCUT2D eigenvalue weighted by Crippen LogP contribution is -2.06. The van der Waals surface area contributed by atoms with E-state index in [-0.39, 0.29) is 18.7 Å². The molecule has 0 spiro atoms. The average molecular weight is 286 g/mol. The van der Waals surface area contributed by atoms with Gasteiger partial charge in [-0.1, -0.05) is 23.4 Å². The maximum Gasteiger partial charge on any atom is 0.416 e. The van der Waals surface area contributed by atoms with Gasteiger partial charge in [-0.25, -0.2) is 0 Å². The second-order valence-corrected chi connectivity index (χ2v) is 4.53. The molecule has 2 aromatic rings. The van der Waals surface area contributed by atoms with E-state index in [1.807, 2.05) is 0 Å². The third-order valence-corrected chi connectivity index (χ3v) is 2.60. The zero-order valence-corrected chi connectivity index (χ0v) is 10.7. The Morgan fingerprint density at radius 2 is 2.10 bits per heavy atom. The van der Waals surface area contributed by atoms with E-state index in [4.69, 9.17) is 4.52 Å². The van der Waals surface area contributed by atoms with Crippen LogP contribution < -0.4 is 0 Å². The maximum atomic E-state index is 12.6. The molecule has 0 saturated heterocycles. The number of hydrogen-bond acceptors (Lipinski definition) is 4. The normalized spacial score (nSPS) is 13.4. The fourth-order valence-electron chi connectivity index (χ4n) is 1.74. The summed E-state index contributed by atoms with van der Waals surface area (Å²) in [6, 6.07) is 4.98. The first-order valence-electron chi connectivity index (χ1n) is 6.00. The number of rotatable bonds is 4. The van der Waals surface area contributed by atoms with E-state index in [0.717, 1.165) is 12.1 Å². The highest BCUT2D eigenvalue weighted by Gasteiger charge is 2.30. The van der Waals surface area contributed by atoms with Crippen LogP contribution in [0, 0.1) is 0 Å². The molecule has 4 nitrogen and oxygen atoms in total. The van der Waals surface area contributed by atoms with Crippen LogP contribution in [0.25, 0.3) is 0 Å². The Morgan fingerprint density at radius 3 is 2.75 bits per heavy atom. The maximum absolute atomic E-state index is 12.6. The molecule has 1 N–H and O–H groups in total. The molecule has 0 bridgehead atoms. The van der Waals surface area contributed by atoms with Gasteiger partial charge in [0, 0.05) is 6.42 Å². The van der Waals surface area contributed by atoms with Gasteiger partial charge in [0.2, 0.25) is 5.89 Å². The Balaban J connectivity index is 2.12. The van der Waals surface area contributed by atoms with E-state index in [1.54, 1.807) is 13.0 Å². The third-order valence-electron chi connectivity index (χ3n) is 2.60. The van der Waals surface area contributed by atoms with Gasteiger partial charge < -0.3 is 9.63 Å². The number of benzene rings is 1. The molecule has 7 heteroatoms. The molecule has 0 radical (unpaired) electrons. The van der Waals surface area contributed by atoms with E-state index < -0.39 is 17.8 Å². The summed E-state index contributed by atoms with van der Waals surface area (Å²) in [5.41, 5.74) is -0.257. The van der Waals surface area contributed by atoms with Gasteiger partial charge >= 0.3 is 6.18 Å². The summed E-state index contributed by atoms with van der Waals surface area (Å²) in [6.07, 6.45) is -4.62. The van der Waals surface area contributed by atoms with Crippen molar-refractivity contribution in [3.63, 3.8) is 0 Å². The van der Waals surface area contributed by atoms with Crippen molar-refractivity contribution in [3.8, 4) is 0 Å². The van der Waals surface area contributed by atoms with Crippen LogP contribution in [0.4, 0.5) is 13.2 Å². The van der Waals surface area contributed by atoms with Gasteiger partial charge in [0.25, 0.3) is 0 Å². The fourth-order valence-corrected chi connectivity index (χ4v) is 1.74. The topological polar surface area (TPSA) is 59.2 Å². The van der Waals surface area contributed by atoms with Crippen molar-refractivity contribution in [2.75, 3.05) is 0 Å². The van der Waals surface area contributed by atoms with Gasteiger partial charge in [-0.15, -0.1) is 0 Å². The van der Waals surface area contributed by atoms with Gasteiger partial charge in [-0.05, 0) is 18.6 Å². The minimum atomic E-state index is -4.37. The van der Waals surface area contributed by atoms with Crippen molar-refractivity contribution in [3.05, 3.63) is 47.1 Å². The van der Waals surface area contributed by atoms with Crippen LogP contribution in [-0.4, -0.2) is 21.4 Å². The minimum Gasteiger partial charge on any atom is -0.393 e. The predicted octanol–water partition coefficient (Wildman–Crippen LogP) is 2.60. The van der Waals surface area contributed by atoms with E-state index in [1.165, 1.54) is 6.07 Å². The summed E-state index contributed by atoms with van der Waals surface area (Å²) < 4.78 is 42.6. The summed E-state index contributed by atoms with van der Waals surface area (Å²) >= 11 is 0. The lowest BCUT2D eigenvalue weighted by atomic mass is 10.1. The van der Waals surface area contributed by atoms with Crippen molar-refractivity contribution in [1.29, 1.82) is 0 Å². The van der Waals surface area contributed by atoms with E-state index in [9.17, 15) is 18.3 Å². The number of aliphatic hydroxyl groups excluding tert-OH is 1. The van der Waals surface area contributed by atoms with E-state index in [0.29, 0.717) is 11.4 Å². The van der Waals surface area contributed by atoms with Gasteiger partial charge in [-0.2, -0.15) is 18.2 Å². The monoisotopic (exact) mass is 286 g/mol. The van der Waals surface area contributed by atoms with Crippen molar-refractivity contribution in [1.82, 2.24) is 10.1 Å². The Bertz CT molecular complexity index is 579. The molecule has 108 valence electrons. The van der Waals surface area contributed by atoms with Crippen LogP contribution in [0.1, 0.15) is 29.8 Å². The number of nitrogens with zero attached hydrogens (tertiary/aromatic N) is 2. The summed E-state index contributed by atoms with van der Waals surface area (Å²) in [6.45, 7) is 1.58. The SMILES string of the molecule is CC(O)Cc1nc(Cc2cccc(C(F)(F)F)c2)no1. The van der Waals surface area contributed by atoms with Crippen LogP contribution >= 0.6 is 0 Å². The minimum absolute atomic E-state index is 0.146. The molecule has 2 rings (SSSR count). The largest absolute Gasteiger partial charge is 0.416 e. The van der Waals surface area contributed by atoms with Crippen molar-refractivity contribution >= 4 is 0 Å². The van der Waals surface area contributed by atoms with E-state index >= 15 is 0 Å². The number of aliphatic hydroxyl groups is 1. The highest BCUT2D eigenvalue weighted by molar-refractivity contribution is 5.27. The lowest BCUT2D eigenvalue weighted by molar-refractivity contribution is -0.137. The highest BCUT2D eigenvalue weighted by atomic mass is 19.4. The smallest absolute Gasteiger partial charge is 0.393 e. The molecular weight excluding hydrogens is 273 g/mol. The molecule has 1 heterocycles. The van der Waals surface area contributed by atoms with Crippen molar-refractivity contribution < 1.29 is 22.8 Å². The molecule has 0 aliphatic heterocycles. The van der Waals surface area contributed by atoms with Crippen LogP contribution in [0.15, 0.2) is 28.8 Å². The summed E-state index contributed by atoms with van der Waals surface area (Å²) in [4.78, 5) is 4.02. The summed E-state index contributed by atoms with van der Waals surface area (Å²) in [5, 5.41) is 12.9. The van der Waals surface area contributed by atoms with Gasteiger partial charge in [0.15, 0.2) is 5.82 Å². The molecule has 0 saturated carbocycles. The Morgan fingerprint density at radius 1 is 1.35 bits per heavy atom. The van der Waals surface area contributed by atoms with Gasteiger partial charge in [0.05, 0.1) is 18.1 Å². The highest BCUT2D eigenvalue weighted by Crippen LogP contribution is 2.29. The third kappa shape index (κ3) is 3.80. The molecular formula is C13H13F3N2O2. The van der Waals surface area contributed by atoms with Crippen LogP contribution in [-0.2, 0) is 19.0 Å². The summed E-state index contributed by atoms with van der Waals surface area (Å²) in [7, 11) is 0. The molecule has 0 aliphatic rings. The predicted molar refractivity (Wildman–Crippen MR) is 63.9 cm³/mol. The molecule has 0 fully saturated rings. The van der Waals surface area contributed by atoms with Crippen LogP contribution in [0.5, 0.6) is 0 Å². The zero-order valence-electron chi connectivity index (χ0n) is 10.7. The average Bonchev–Trinajstić information content (AvgIpc) is 2.75.